The van der Waals surface area contributed by atoms with E-state index >= 15 is 0 Å². The third-order valence-corrected chi connectivity index (χ3v) is 2.79. The zero-order valence-electron chi connectivity index (χ0n) is 10.2. The molecule has 0 radical (unpaired) electrons. The van der Waals surface area contributed by atoms with E-state index in [0.717, 1.165) is 5.56 Å². The molecule has 1 N–H and O–H groups in total. The van der Waals surface area contributed by atoms with Gasteiger partial charge in [0, 0.05) is 0 Å². The molecule has 98 valence electrons. The smallest absolute Gasteiger partial charge is 0.430 e. The molecule has 1 fully saturated rings. The van der Waals surface area contributed by atoms with Crippen LogP contribution in [0, 0.1) is 0 Å². The van der Waals surface area contributed by atoms with Crippen LogP contribution in [0.1, 0.15) is 12.5 Å². The fraction of sp³-hybridized carbons (Fsp3) is 0.462. The second kappa shape index (κ2) is 5.37. The predicted octanol–water partition coefficient (Wildman–Crippen LogP) is 1.49. The average Bonchev–Trinajstić information content (AvgIpc) is 2.78. The number of carbonyl (C=O) groups is 1. The Morgan fingerprint density at radius 2 is 2.17 bits per heavy atom. The van der Waals surface area contributed by atoms with Crippen LogP contribution in [0.3, 0.4) is 0 Å². The lowest BCUT2D eigenvalue weighted by Crippen LogP contribution is -2.45. The molecule has 1 heterocycles. The van der Waals surface area contributed by atoms with Gasteiger partial charge in [-0.15, -0.1) is 0 Å². The van der Waals surface area contributed by atoms with Crippen LogP contribution in [-0.4, -0.2) is 36.2 Å². The molecular formula is C13H16O5. The van der Waals surface area contributed by atoms with Crippen LogP contribution >= 0.6 is 0 Å². The summed E-state index contributed by atoms with van der Waals surface area (Å²) in [6, 6.07) is 9.64. The van der Waals surface area contributed by atoms with E-state index in [4.69, 9.17) is 9.47 Å². The van der Waals surface area contributed by atoms with Crippen molar-refractivity contribution in [1.82, 2.24) is 0 Å². The Bertz CT molecular complexity index is 401. The quantitative estimate of drug-likeness (QED) is 0.804. The molecular weight excluding hydrogens is 236 g/mol. The molecule has 2 atom stereocenters. The molecule has 1 unspecified atom stereocenters. The largest absolute Gasteiger partial charge is 0.508 e. The first kappa shape index (κ1) is 12.9. The van der Waals surface area contributed by atoms with Crippen molar-refractivity contribution in [2.45, 2.75) is 25.2 Å². The Kier molecular flexibility index (Phi) is 3.84. The highest BCUT2D eigenvalue weighted by Crippen LogP contribution is 2.20. The van der Waals surface area contributed by atoms with Crippen molar-refractivity contribution >= 4 is 6.16 Å². The summed E-state index contributed by atoms with van der Waals surface area (Å²) in [5.41, 5.74) is -0.228. The fourth-order valence-corrected chi connectivity index (χ4v) is 1.68. The monoisotopic (exact) mass is 252 g/mol. The van der Waals surface area contributed by atoms with Gasteiger partial charge in [0.05, 0.1) is 13.2 Å². The van der Waals surface area contributed by atoms with Gasteiger partial charge in [-0.2, -0.15) is 0 Å². The maximum atomic E-state index is 10.8. The molecule has 1 aliphatic heterocycles. The zero-order chi connectivity index (χ0) is 13.0. The molecule has 0 bridgehead atoms. The number of rotatable bonds is 5. The highest BCUT2D eigenvalue weighted by atomic mass is 16.8. The van der Waals surface area contributed by atoms with Gasteiger partial charge in [0.15, 0.2) is 6.10 Å². The number of ether oxygens (including phenoxy) is 3. The van der Waals surface area contributed by atoms with Crippen LogP contribution in [0.5, 0.6) is 0 Å². The third kappa shape index (κ3) is 3.21. The van der Waals surface area contributed by atoms with Crippen LogP contribution in [-0.2, 0) is 20.8 Å². The van der Waals surface area contributed by atoms with Gasteiger partial charge in [-0.1, -0.05) is 30.3 Å². The minimum absolute atomic E-state index is 0.0561. The minimum atomic E-state index is -1.25. The third-order valence-electron chi connectivity index (χ3n) is 2.79. The van der Waals surface area contributed by atoms with Gasteiger partial charge in [-0.25, -0.2) is 4.79 Å². The number of aliphatic hydroxyl groups is 1. The lowest BCUT2D eigenvalue weighted by molar-refractivity contribution is -0.101. The predicted molar refractivity (Wildman–Crippen MR) is 62.9 cm³/mol. The summed E-state index contributed by atoms with van der Waals surface area (Å²) in [6.45, 7) is 2.09. The molecule has 1 aromatic carbocycles. The van der Waals surface area contributed by atoms with Gasteiger partial charge in [-0.3, -0.25) is 0 Å². The second-order valence-corrected chi connectivity index (χ2v) is 4.50. The molecule has 0 spiro atoms. The molecule has 18 heavy (non-hydrogen) atoms. The number of cyclic esters (lactones) is 2. The molecule has 5 nitrogen and oxygen atoms in total. The number of benzene rings is 1. The van der Waals surface area contributed by atoms with Gasteiger partial charge in [0.2, 0.25) is 0 Å². The molecule has 1 saturated heterocycles. The second-order valence-electron chi connectivity index (χ2n) is 4.50. The average molecular weight is 252 g/mol. The maximum absolute atomic E-state index is 10.8. The number of hydrogen-bond donors (Lipinski definition) is 1. The Hall–Kier alpha value is -1.59. The standard InChI is InChI=1S/C13H16O5/c1-13(15,11-8-17-12(14)18-11)9-16-7-10-5-3-2-4-6-10/h2-6,11,15H,7-9H2,1H3/t11-,13?/m1/s1. The molecule has 0 amide bonds. The SMILES string of the molecule is CC(O)(COCc1ccccc1)[C@H]1COC(=O)O1. The first-order valence-corrected chi connectivity index (χ1v) is 5.75. The van der Waals surface area contributed by atoms with Crippen LogP contribution in [0.2, 0.25) is 0 Å². The Morgan fingerprint density at radius 1 is 1.44 bits per heavy atom. The summed E-state index contributed by atoms with van der Waals surface area (Å²) < 4.78 is 14.9. The van der Waals surface area contributed by atoms with Gasteiger partial charge in [0.25, 0.3) is 0 Å². The maximum Gasteiger partial charge on any atom is 0.508 e. The van der Waals surface area contributed by atoms with E-state index < -0.39 is 17.9 Å². The van der Waals surface area contributed by atoms with E-state index in [1.807, 2.05) is 30.3 Å². The summed E-state index contributed by atoms with van der Waals surface area (Å²) in [5.74, 6) is 0. The van der Waals surface area contributed by atoms with E-state index in [2.05, 4.69) is 4.74 Å². The molecule has 1 aromatic rings. The van der Waals surface area contributed by atoms with Crippen molar-refractivity contribution in [3.63, 3.8) is 0 Å². The topological polar surface area (TPSA) is 65.0 Å². The summed E-state index contributed by atoms with van der Waals surface area (Å²) in [4.78, 5) is 10.8. The first-order valence-electron chi connectivity index (χ1n) is 5.75. The molecule has 0 aliphatic carbocycles. The molecule has 5 heteroatoms. The summed E-state index contributed by atoms with van der Waals surface area (Å²) >= 11 is 0. The molecule has 0 aromatic heterocycles. The fourth-order valence-electron chi connectivity index (χ4n) is 1.68. The highest BCUT2D eigenvalue weighted by Gasteiger charge is 2.40. The zero-order valence-corrected chi connectivity index (χ0v) is 10.2. The van der Waals surface area contributed by atoms with Crippen molar-refractivity contribution in [3.8, 4) is 0 Å². The summed E-state index contributed by atoms with van der Waals surface area (Å²) in [6.07, 6.45) is -1.43. The highest BCUT2D eigenvalue weighted by molar-refractivity contribution is 5.62. The van der Waals surface area contributed by atoms with Crippen LogP contribution < -0.4 is 0 Å². The first-order chi connectivity index (χ1) is 8.58. The van der Waals surface area contributed by atoms with Crippen LogP contribution in [0.15, 0.2) is 30.3 Å². The van der Waals surface area contributed by atoms with Crippen molar-refractivity contribution in [2.24, 2.45) is 0 Å². The Labute approximate surface area is 105 Å². The van der Waals surface area contributed by atoms with Gasteiger partial charge >= 0.3 is 6.16 Å². The van der Waals surface area contributed by atoms with Crippen molar-refractivity contribution in [2.75, 3.05) is 13.2 Å². The van der Waals surface area contributed by atoms with E-state index in [9.17, 15) is 9.90 Å². The number of carbonyl (C=O) groups excluding carboxylic acids is 1. The lowest BCUT2D eigenvalue weighted by atomic mass is 10.0. The van der Waals surface area contributed by atoms with E-state index in [1.165, 1.54) is 0 Å². The molecule has 1 aliphatic rings. The van der Waals surface area contributed by atoms with Crippen molar-refractivity contribution in [1.29, 1.82) is 0 Å². The lowest BCUT2D eigenvalue weighted by Gasteiger charge is -2.26. The summed E-state index contributed by atoms with van der Waals surface area (Å²) in [7, 11) is 0. The van der Waals surface area contributed by atoms with Crippen LogP contribution in [0.25, 0.3) is 0 Å². The Balaban J connectivity index is 1.80. The Morgan fingerprint density at radius 3 is 2.78 bits per heavy atom. The summed E-state index contributed by atoms with van der Waals surface area (Å²) in [5, 5.41) is 10.1. The van der Waals surface area contributed by atoms with Crippen LogP contribution in [0.4, 0.5) is 4.79 Å². The van der Waals surface area contributed by atoms with E-state index in [1.54, 1.807) is 6.92 Å². The molecule has 2 rings (SSSR count). The minimum Gasteiger partial charge on any atom is -0.430 e. The van der Waals surface area contributed by atoms with Gasteiger partial charge in [-0.05, 0) is 12.5 Å². The van der Waals surface area contributed by atoms with Gasteiger partial charge < -0.3 is 19.3 Å². The normalized spacial score (nSPS) is 22.1. The number of hydrogen-bond acceptors (Lipinski definition) is 5. The van der Waals surface area contributed by atoms with E-state index in [-0.39, 0.29) is 13.2 Å². The molecule has 0 saturated carbocycles. The van der Waals surface area contributed by atoms with Crippen molar-refractivity contribution < 1.29 is 24.1 Å². The van der Waals surface area contributed by atoms with Crippen molar-refractivity contribution in [3.05, 3.63) is 35.9 Å². The van der Waals surface area contributed by atoms with E-state index in [0.29, 0.717) is 6.61 Å². The van der Waals surface area contributed by atoms with Gasteiger partial charge in [0.1, 0.15) is 12.2 Å².